The molecule has 6 nitrogen and oxygen atoms in total. The third-order valence-electron chi connectivity index (χ3n) is 4.94. The minimum Gasteiger partial charge on any atom is -0.450 e. The van der Waals surface area contributed by atoms with Crippen molar-refractivity contribution in [2.75, 3.05) is 44.6 Å². The highest BCUT2D eigenvalue weighted by molar-refractivity contribution is 5.92. The summed E-state index contributed by atoms with van der Waals surface area (Å²) in [6, 6.07) is 18.2. The summed E-state index contributed by atoms with van der Waals surface area (Å²) in [4.78, 5) is 27.2. The molecule has 0 spiro atoms. The highest BCUT2D eigenvalue weighted by Crippen LogP contribution is 2.18. The van der Waals surface area contributed by atoms with Gasteiger partial charge in [-0.1, -0.05) is 48.5 Å². The number of anilines is 1. The van der Waals surface area contributed by atoms with Gasteiger partial charge < -0.3 is 15.0 Å². The fourth-order valence-corrected chi connectivity index (χ4v) is 3.43. The zero-order valence-electron chi connectivity index (χ0n) is 16.3. The second-order valence-electron chi connectivity index (χ2n) is 6.98. The number of nitrogens with one attached hydrogen (secondary N) is 2. The quantitative estimate of drug-likeness (QED) is 0.797. The number of amides is 2. The van der Waals surface area contributed by atoms with Crippen molar-refractivity contribution >= 4 is 17.7 Å². The highest BCUT2D eigenvalue weighted by atomic mass is 16.6. The van der Waals surface area contributed by atoms with E-state index >= 15 is 0 Å². The molecular formula is C22H28N3O3+. The molecule has 1 aliphatic heterocycles. The predicted octanol–water partition coefficient (Wildman–Crippen LogP) is 1.57. The Morgan fingerprint density at radius 3 is 2.43 bits per heavy atom. The van der Waals surface area contributed by atoms with Gasteiger partial charge in [-0.25, -0.2) is 4.79 Å². The number of hydrogen-bond donors (Lipinski definition) is 2. The van der Waals surface area contributed by atoms with Crippen molar-refractivity contribution in [1.82, 2.24) is 4.90 Å². The van der Waals surface area contributed by atoms with E-state index in [-0.39, 0.29) is 12.0 Å². The molecule has 1 heterocycles. The molecular weight excluding hydrogens is 354 g/mol. The smallest absolute Gasteiger partial charge is 0.410 e. The lowest BCUT2D eigenvalue weighted by molar-refractivity contribution is -0.895. The molecule has 0 unspecified atom stereocenters. The fourth-order valence-electron chi connectivity index (χ4n) is 3.43. The van der Waals surface area contributed by atoms with Gasteiger partial charge in [-0.2, -0.15) is 0 Å². The van der Waals surface area contributed by atoms with Crippen molar-refractivity contribution in [3.8, 4) is 0 Å². The normalized spacial score (nSPS) is 14.5. The molecule has 28 heavy (non-hydrogen) atoms. The van der Waals surface area contributed by atoms with E-state index in [0.29, 0.717) is 26.2 Å². The maximum atomic E-state index is 12.6. The lowest BCUT2D eigenvalue weighted by atomic mass is 10.0. The number of carbonyl (C=O) groups is 2. The molecule has 2 aromatic carbocycles. The Morgan fingerprint density at radius 1 is 1.04 bits per heavy atom. The first-order valence-electron chi connectivity index (χ1n) is 9.82. The summed E-state index contributed by atoms with van der Waals surface area (Å²) in [6.07, 6.45) is 0.517. The molecule has 0 atom stereocenters. The Bertz CT molecular complexity index is 787. The molecule has 2 N–H and O–H groups in total. The van der Waals surface area contributed by atoms with Gasteiger partial charge in [-0.15, -0.1) is 0 Å². The summed E-state index contributed by atoms with van der Waals surface area (Å²) in [5, 5.41) is 3.07. The number of carbonyl (C=O) groups excluding carboxylic acids is 2. The Hall–Kier alpha value is -2.86. The Labute approximate surface area is 166 Å². The van der Waals surface area contributed by atoms with Gasteiger partial charge >= 0.3 is 6.09 Å². The largest absolute Gasteiger partial charge is 0.450 e. The topological polar surface area (TPSA) is 63.1 Å². The van der Waals surface area contributed by atoms with Crippen LogP contribution in [0.4, 0.5) is 10.5 Å². The summed E-state index contributed by atoms with van der Waals surface area (Å²) in [7, 11) is 0. The first-order chi connectivity index (χ1) is 13.7. The van der Waals surface area contributed by atoms with Crippen LogP contribution < -0.4 is 10.2 Å². The van der Waals surface area contributed by atoms with Gasteiger partial charge in [0.2, 0.25) is 0 Å². The lowest BCUT2D eigenvalue weighted by Gasteiger charge is -2.31. The summed E-state index contributed by atoms with van der Waals surface area (Å²) in [5.74, 6) is 0.0000893. The molecule has 0 radical (unpaired) electrons. The van der Waals surface area contributed by atoms with Crippen LogP contribution in [-0.4, -0.2) is 56.2 Å². The third-order valence-corrected chi connectivity index (χ3v) is 4.94. The van der Waals surface area contributed by atoms with Crippen molar-refractivity contribution in [3.63, 3.8) is 0 Å². The van der Waals surface area contributed by atoms with E-state index < -0.39 is 0 Å². The van der Waals surface area contributed by atoms with Gasteiger partial charge in [-0.3, -0.25) is 9.69 Å². The zero-order chi connectivity index (χ0) is 19.8. The maximum Gasteiger partial charge on any atom is 0.410 e. The Balaban J connectivity index is 1.52. The van der Waals surface area contributed by atoms with E-state index in [0.717, 1.165) is 30.8 Å². The minimum atomic E-state index is -0.263. The van der Waals surface area contributed by atoms with Crippen molar-refractivity contribution in [2.45, 2.75) is 13.3 Å². The van der Waals surface area contributed by atoms with Crippen molar-refractivity contribution in [1.29, 1.82) is 0 Å². The van der Waals surface area contributed by atoms with Crippen molar-refractivity contribution in [2.24, 2.45) is 0 Å². The third kappa shape index (κ3) is 5.57. The van der Waals surface area contributed by atoms with E-state index in [1.54, 1.807) is 11.8 Å². The Kier molecular flexibility index (Phi) is 7.03. The number of piperazine rings is 1. The van der Waals surface area contributed by atoms with Gasteiger partial charge in [0.15, 0.2) is 6.54 Å². The summed E-state index contributed by atoms with van der Waals surface area (Å²) in [5.41, 5.74) is 3.18. The minimum absolute atomic E-state index is 0.0000893. The molecule has 6 heteroatoms. The predicted molar refractivity (Wildman–Crippen MR) is 108 cm³/mol. The van der Waals surface area contributed by atoms with Crippen molar-refractivity contribution in [3.05, 3.63) is 65.7 Å². The van der Waals surface area contributed by atoms with Crippen LogP contribution >= 0.6 is 0 Å². The van der Waals surface area contributed by atoms with Crippen LogP contribution in [0.2, 0.25) is 0 Å². The summed E-state index contributed by atoms with van der Waals surface area (Å²) < 4.78 is 5.04. The molecule has 0 saturated carbocycles. The maximum absolute atomic E-state index is 12.6. The molecule has 0 aliphatic carbocycles. The van der Waals surface area contributed by atoms with E-state index in [9.17, 15) is 9.59 Å². The number of nitrogens with zero attached hydrogens (tertiary/aromatic N) is 1. The molecule has 2 aromatic rings. The Morgan fingerprint density at radius 2 is 1.71 bits per heavy atom. The standard InChI is InChI=1S/C22H27N3O3/c1-2-28-22(27)25-14-12-24(13-15-25)17-21(26)23-20-11-7-6-10-19(20)16-18-8-4-3-5-9-18/h3-11H,2,12-17H2,1H3,(H,23,26)/p+1. The van der Waals surface area contributed by atoms with E-state index in [1.807, 2.05) is 42.5 Å². The van der Waals surface area contributed by atoms with Crippen LogP contribution in [0.15, 0.2) is 54.6 Å². The molecule has 0 bridgehead atoms. The lowest BCUT2D eigenvalue weighted by Crippen LogP contribution is -3.15. The number of ether oxygens (including phenoxy) is 1. The summed E-state index contributed by atoms with van der Waals surface area (Å²) in [6.45, 7) is 5.32. The number of benzene rings is 2. The van der Waals surface area contributed by atoms with E-state index in [1.165, 1.54) is 10.5 Å². The number of para-hydroxylation sites is 1. The molecule has 1 aliphatic rings. The van der Waals surface area contributed by atoms with Gasteiger partial charge in [0, 0.05) is 5.69 Å². The first kappa shape index (κ1) is 19.9. The second kappa shape index (κ2) is 9.90. The number of rotatable bonds is 6. The summed E-state index contributed by atoms with van der Waals surface area (Å²) >= 11 is 0. The average molecular weight is 382 g/mol. The van der Waals surface area contributed by atoms with Crippen LogP contribution in [0.25, 0.3) is 0 Å². The van der Waals surface area contributed by atoms with Crippen LogP contribution in [0, 0.1) is 0 Å². The zero-order valence-corrected chi connectivity index (χ0v) is 16.3. The first-order valence-corrected chi connectivity index (χ1v) is 9.82. The van der Waals surface area contributed by atoms with Crippen LogP contribution in [-0.2, 0) is 16.0 Å². The van der Waals surface area contributed by atoms with Crippen LogP contribution in [0.3, 0.4) is 0 Å². The van der Waals surface area contributed by atoms with Gasteiger partial charge in [0.25, 0.3) is 5.91 Å². The number of quaternary nitrogens is 1. The SMILES string of the molecule is CCOC(=O)N1CC[NH+](CC(=O)Nc2ccccc2Cc2ccccc2)CC1. The average Bonchev–Trinajstić information content (AvgIpc) is 2.71. The van der Waals surface area contributed by atoms with Crippen LogP contribution in [0.5, 0.6) is 0 Å². The second-order valence-corrected chi connectivity index (χ2v) is 6.98. The van der Waals surface area contributed by atoms with E-state index in [2.05, 4.69) is 17.4 Å². The highest BCUT2D eigenvalue weighted by Gasteiger charge is 2.26. The van der Waals surface area contributed by atoms with Gasteiger partial charge in [-0.05, 0) is 30.5 Å². The van der Waals surface area contributed by atoms with E-state index in [4.69, 9.17) is 4.74 Å². The van der Waals surface area contributed by atoms with Crippen LogP contribution in [0.1, 0.15) is 18.1 Å². The molecule has 1 saturated heterocycles. The molecule has 3 rings (SSSR count). The molecule has 1 fully saturated rings. The van der Waals surface area contributed by atoms with Crippen molar-refractivity contribution < 1.29 is 19.2 Å². The molecule has 0 aromatic heterocycles. The number of hydrogen-bond acceptors (Lipinski definition) is 3. The molecule has 148 valence electrons. The van der Waals surface area contributed by atoms with Gasteiger partial charge in [0.1, 0.15) is 0 Å². The monoisotopic (exact) mass is 382 g/mol. The van der Waals surface area contributed by atoms with Gasteiger partial charge in [0.05, 0.1) is 32.8 Å². The fraction of sp³-hybridized carbons (Fsp3) is 0.364. The molecule has 2 amide bonds.